The highest BCUT2D eigenvalue weighted by Crippen LogP contribution is 2.21. The molecule has 1 heterocycles. The van der Waals surface area contributed by atoms with Crippen molar-refractivity contribution in [2.75, 3.05) is 32.8 Å². The van der Waals surface area contributed by atoms with Crippen LogP contribution in [-0.2, 0) is 11.2 Å². The summed E-state index contributed by atoms with van der Waals surface area (Å²) in [5, 5.41) is 0. The molecule has 0 N–H and O–H groups in total. The van der Waals surface area contributed by atoms with Gasteiger partial charge in [-0.1, -0.05) is 22.0 Å². The lowest BCUT2D eigenvalue weighted by atomic mass is 10.1. The fourth-order valence-corrected chi connectivity index (χ4v) is 2.62. The lowest BCUT2D eigenvalue weighted by molar-refractivity contribution is 0.0374. The third-order valence-electron chi connectivity index (χ3n) is 3.07. The van der Waals surface area contributed by atoms with Gasteiger partial charge in [-0.25, -0.2) is 4.39 Å². The average molecular weight is 302 g/mol. The van der Waals surface area contributed by atoms with E-state index in [-0.39, 0.29) is 5.82 Å². The molecule has 0 bridgehead atoms. The molecule has 0 saturated carbocycles. The molecule has 0 aliphatic carbocycles. The van der Waals surface area contributed by atoms with E-state index in [2.05, 4.69) is 20.8 Å². The second-order valence-corrected chi connectivity index (χ2v) is 5.11. The molecule has 17 heavy (non-hydrogen) atoms. The maximum Gasteiger partial charge on any atom is 0.127 e. The van der Waals surface area contributed by atoms with Crippen LogP contribution in [0.4, 0.5) is 4.39 Å². The second-order valence-electron chi connectivity index (χ2n) is 4.26. The van der Waals surface area contributed by atoms with E-state index in [0.29, 0.717) is 0 Å². The Balaban J connectivity index is 1.81. The van der Waals surface area contributed by atoms with Crippen molar-refractivity contribution in [3.05, 3.63) is 34.1 Å². The van der Waals surface area contributed by atoms with E-state index in [1.807, 2.05) is 6.07 Å². The summed E-state index contributed by atoms with van der Waals surface area (Å²) in [6.45, 7) is 4.66. The van der Waals surface area contributed by atoms with Crippen LogP contribution in [0.2, 0.25) is 0 Å². The third-order valence-corrected chi connectivity index (χ3v) is 3.81. The van der Waals surface area contributed by atoms with E-state index in [1.54, 1.807) is 6.07 Å². The van der Waals surface area contributed by atoms with Crippen LogP contribution in [0, 0.1) is 5.82 Å². The SMILES string of the molecule is Fc1cccc(Br)c1CCCN1CCOCC1. The molecule has 0 atom stereocenters. The highest BCUT2D eigenvalue weighted by molar-refractivity contribution is 9.10. The summed E-state index contributed by atoms with van der Waals surface area (Å²) in [6.07, 6.45) is 1.77. The Morgan fingerprint density at radius 2 is 2.06 bits per heavy atom. The summed E-state index contributed by atoms with van der Waals surface area (Å²) in [5.41, 5.74) is 0.792. The Morgan fingerprint density at radius 3 is 2.76 bits per heavy atom. The van der Waals surface area contributed by atoms with Gasteiger partial charge in [-0.15, -0.1) is 0 Å². The highest BCUT2D eigenvalue weighted by Gasteiger charge is 2.11. The number of morpholine rings is 1. The fraction of sp³-hybridized carbons (Fsp3) is 0.538. The van der Waals surface area contributed by atoms with Gasteiger partial charge in [-0.05, 0) is 31.5 Å². The van der Waals surface area contributed by atoms with Crippen molar-refractivity contribution in [2.24, 2.45) is 0 Å². The topological polar surface area (TPSA) is 12.5 Å². The summed E-state index contributed by atoms with van der Waals surface area (Å²) in [4.78, 5) is 2.37. The Bertz CT molecular complexity index is 346. The van der Waals surface area contributed by atoms with Gasteiger partial charge in [-0.3, -0.25) is 4.90 Å². The summed E-state index contributed by atoms with van der Waals surface area (Å²) in [5.74, 6) is -0.110. The molecule has 1 aliphatic rings. The first kappa shape index (κ1) is 13.0. The van der Waals surface area contributed by atoms with E-state index in [0.717, 1.165) is 55.7 Å². The van der Waals surface area contributed by atoms with Crippen LogP contribution in [0.25, 0.3) is 0 Å². The molecular formula is C13H17BrFNO. The molecule has 2 rings (SSSR count). The average Bonchev–Trinajstić information content (AvgIpc) is 2.34. The zero-order chi connectivity index (χ0) is 12.1. The lowest BCUT2D eigenvalue weighted by Crippen LogP contribution is -2.36. The van der Waals surface area contributed by atoms with Crippen molar-refractivity contribution in [1.82, 2.24) is 4.90 Å². The first-order valence-electron chi connectivity index (χ1n) is 6.00. The predicted molar refractivity (Wildman–Crippen MR) is 69.7 cm³/mol. The first-order chi connectivity index (χ1) is 8.27. The van der Waals surface area contributed by atoms with Gasteiger partial charge in [0.1, 0.15) is 5.82 Å². The van der Waals surface area contributed by atoms with Crippen molar-refractivity contribution in [2.45, 2.75) is 12.8 Å². The largest absolute Gasteiger partial charge is 0.379 e. The van der Waals surface area contributed by atoms with Crippen molar-refractivity contribution >= 4 is 15.9 Å². The summed E-state index contributed by atoms with van der Waals surface area (Å²) in [7, 11) is 0. The maximum absolute atomic E-state index is 13.6. The van der Waals surface area contributed by atoms with Gasteiger partial charge in [0.15, 0.2) is 0 Å². The number of nitrogens with zero attached hydrogens (tertiary/aromatic N) is 1. The summed E-state index contributed by atoms with van der Waals surface area (Å²) < 4.78 is 19.7. The van der Waals surface area contributed by atoms with Crippen molar-refractivity contribution in [3.63, 3.8) is 0 Å². The first-order valence-corrected chi connectivity index (χ1v) is 6.79. The highest BCUT2D eigenvalue weighted by atomic mass is 79.9. The molecule has 0 unspecified atom stereocenters. The number of halogens is 2. The Labute approximate surface area is 110 Å². The molecule has 0 amide bonds. The monoisotopic (exact) mass is 301 g/mol. The zero-order valence-corrected chi connectivity index (χ0v) is 11.4. The van der Waals surface area contributed by atoms with Gasteiger partial charge in [-0.2, -0.15) is 0 Å². The Morgan fingerprint density at radius 1 is 1.29 bits per heavy atom. The van der Waals surface area contributed by atoms with Crippen LogP contribution in [-0.4, -0.2) is 37.7 Å². The number of benzene rings is 1. The molecule has 1 saturated heterocycles. The van der Waals surface area contributed by atoms with Crippen molar-refractivity contribution in [1.29, 1.82) is 0 Å². The lowest BCUT2D eigenvalue weighted by Gasteiger charge is -2.26. The van der Waals surface area contributed by atoms with Crippen LogP contribution >= 0.6 is 15.9 Å². The van der Waals surface area contributed by atoms with Gasteiger partial charge < -0.3 is 4.74 Å². The van der Waals surface area contributed by atoms with Gasteiger partial charge in [0.05, 0.1) is 13.2 Å². The standard InChI is InChI=1S/C13H17BrFNO/c14-12-4-1-5-13(15)11(12)3-2-6-16-7-9-17-10-8-16/h1,4-5H,2-3,6-10H2. The molecule has 1 aromatic carbocycles. The van der Waals surface area contributed by atoms with Crippen LogP contribution in [0.15, 0.2) is 22.7 Å². The molecule has 1 fully saturated rings. The van der Waals surface area contributed by atoms with Crippen LogP contribution < -0.4 is 0 Å². The van der Waals surface area contributed by atoms with E-state index >= 15 is 0 Å². The molecule has 0 aromatic heterocycles. The van der Waals surface area contributed by atoms with Gasteiger partial charge in [0.2, 0.25) is 0 Å². The number of rotatable bonds is 4. The zero-order valence-electron chi connectivity index (χ0n) is 9.79. The van der Waals surface area contributed by atoms with Gasteiger partial charge in [0.25, 0.3) is 0 Å². The van der Waals surface area contributed by atoms with Crippen LogP contribution in [0.3, 0.4) is 0 Å². The number of ether oxygens (including phenoxy) is 1. The molecule has 94 valence electrons. The molecule has 1 aliphatic heterocycles. The minimum absolute atomic E-state index is 0.110. The Kier molecular flexibility index (Phi) is 4.95. The molecular weight excluding hydrogens is 285 g/mol. The van der Waals surface area contributed by atoms with E-state index in [1.165, 1.54) is 6.07 Å². The quantitative estimate of drug-likeness (QED) is 0.848. The third kappa shape index (κ3) is 3.76. The molecule has 4 heteroatoms. The van der Waals surface area contributed by atoms with Gasteiger partial charge >= 0.3 is 0 Å². The fourth-order valence-electron chi connectivity index (χ4n) is 2.08. The predicted octanol–water partition coefficient (Wildman–Crippen LogP) is 2.85. The second kappa shape index (κ2) is 6.47. The summed E-state index contributed by atoms with van der Waals surface area (Å²) >= 11 is 3.40. The molecule has 0 radical (unpaired) electrons. The smallest absolute Gasteiger partial charge is 0.127 e. The van der Waals surface area contributed by atoms with Crippen LogP contribution in [0.5, 0.6) is 0 Å². The molecule has 1 aromatic rings. The van der Waals surface area contributed by atoms with Crippen molar-refractivity contribution < 1.29 is 9.13 Å². The minimum atomic E-state index is -0.110. The van der Waals surface area contributed by atoms with Gasteiger partial charge in [0, 0.05) is 23.1 Å². The molecule has 2 nitrogen and oxygen atoms in total. The summed E-state index contributed by atoms with van der Waals surface area (Å²) in [6, 6.07) is 5.15. The number of hydrogen-bond acceptors (Lipinski definition) is 2. The van der Waals surface area contributed by atoms with E-state index in [4.69, 9.17) is 4.74 Å². The molecule has 0 spiro atoms. The Hall–Kier alpha value is -0.450. The van der Waals surface area contributed by atoms with Crippen molar-refractivity contribution in [3.8, 4) is 0 Å². The number of hydrogen-bond donors (Lipinski definition) is 0. The minimum Gasteiger partial charge on any atom is -0.379 e. The van der Waals surface area contributed by atoms with E-state index in [9.17, 15) is 4.39 Å². The normalized spacial score (nSPS) is 17.3. The maximum atomic E-state index is 13.6. The van der Waals surface area contributed by atoms with Crippen LogP contribution in [0.1, 0.15) is 12.0 Å². The van der Waals surface area contributed by atoms with E-state index < -0.39 is 0 Å².